The van der Waals surface area contributed by atoms with Crippen LogP contribution in [-0.4, -0.2) is 43.7 Å². The molecule has 1 aliphatic rings. The highest BCUT2D eigenvalue weighted by Crippen LogP contribution is 2.20. The fraction of sp³-hybridized carbons (Fsp3) is 0.583. The van der Waals surface area contributed by atoms with E-state index in [1.807, 2.05) is 17.0 Å². The molecule has 1 unspecified atom stereocenters. The zero-order valence-electron chi connectivity index (χ0n) is 9.80. The maximum atomic E-state index is 12.0. The van der Waals surface area contributed by atoms with E-state index in [0.29, 0.717) is 39.3 Å². The summed E-state index contributed by atoms with van der Waals surface area (Å²) in [6, 6.07) is 3.68. The number of rotatable bonds is 4. The van der Waals surface area contributed by atoms with Gasteiger partial charge in [0, 0.05) is 32.0 Å². The molecule has 1 saturated heterocycles. The lowest BCUT2D eigenvalue weighted by Gasteiger charge is -2.28. The molecular formula is C12H18N2O3. The van der Waals surface area contributed by atoms with E-state index in [1.165, 1.54) is 0 Å². The van der Waals surface area contributed by atoms with Crippen molar-refractivity contribution in [1.29, 1.82) is 0 Å². The second-order valence-electron chi connectivity index (χ2n) is 4.15. The largest absolute Gasteiger partial charge is 0.469 e. The van der Waals surface area contributed by atoms with E-state index >= 15 is 0 Å². The average molecular weight is 238 g/mol. The summed E-state index contributed by atoms with van der Waals surface area (Å²) >= 11 is 0. The quantitative estimate of drug-likeness (QED) is 0.832. The first kappa shape index (κ1) is 12.1. The fourth-order valence-electron chi connectivity index (χ4n) is 1.98. The highest BCUT2D eigenvalue weighted by molar-refractivity contribution is 5.77. The summed E-state index contributed by atoms with van der Waals surface area (Å²) in [6.07, 6.45) is 2.02. The van der Waals surface area contributed by atoms with Crippen molar-refractivity contribution in [3.8, 4) is 0 Å². The van der Waals surface area contributed by atoms with Crippen LogP contribution in [0.15, 0.2) is 22.8 Å². The first-order valence-corrected chi connectivity index (χ1v) is 5.90. The van der Waals surface area contributed by atoms with Crippen LogP contribution in [0.25, 0.3) is 0 Å². The SMILES string of the molecule is NCC(CC(=O)N1CCOCC1)c1ccco1. The van der Waals surface area contributed by atoms with E-state index in [4.69, 9.17) is 14.9 Å². The number of carbonyl (C=O) groups excluding carboxylic acids is 1. The van der Waals surface area contributed by atoms with Crippen molar-refractivity contribution in [2.75, 3.05) is 32.8 Å². The van der Waals surface area contributed by atoms with Crippen LogP contribution in [0.2, 0.25) is 0 Å². The molecule has 2 heterocycles. The van der Waals surface area contributed by atoms with Gasteiger partial charge >= 0.3 is 0 Å². The Morgan fingerprint density at radius 3 is 2.82 bits per heavy atom. The molecular weight excluding hydrogens is 220 g/mol. The van der Waals surface area contributed by atoms with Crippen molar-refractivity contribution in [2.45, 2.75) is 12.3 Å². The maximum Gasteiger partial charge on any atom is 0.223 e. The molecule has 1 fully saturated rings. The Morgan fingerprint density at radius 2 is 2.24 bits per heavy atom. The number of morpholine rings is 1. The van der Waals surface area contributed by atoms with E-state index in [-0.39, 0.29) is 11.8 Å². The number of nitrogens with two attached hydrogens (primary N) is 1. The fourth-order valence-corrected chi connectivity index (χ4v) is 1.98. The van der Waals surface area contributed by atoms with Gasteiger partial charge in [0.25, 0.3) is 0 Å². The normalized spacial score (nSPS) is 18.1. The van der Waals surface area contributed by atoms with Gasteiger partial charge in [0.1, 0.15) is 5.76 Å². The van der Waals surface area contributed by atoms with Crippen LogP contribution in [-0.2, 0) is 9.53 Å². The molecule has 0 spiro atoms. The molecule has 5 heteroatoms. The molecule has 1 atom stereocenters. The third-order valence-electron chi connectivity index (χ3n) is 3.01. The number of hydrogen-bond donors (Lipinski definition) is 1. The number of hydrogen-bond acceptors (Lipinski definition) is 4. The van der Waals surface area contributed by atoms with Crippen molar-refractivity contribution in [2.24, 2.45) is 5.73 Å². The monoisotopic (exact) mass is 238 g/mol. The smallest absolute Gasteiger partial charge is 0.223 e. The third-order valence-corrected chi connectivity index (χ3v) is 3.01. The zero-order chi connectivity index (χ0) is 12.1. The predicted molar refractivity (Wildman–Crippen MR) is 62.5 cm³/mol. The summed E-state index contributed by atoms with van der Waals surface area (Å²) in [5.74, 6) is 0.884. The summed E-state index contributed by atoms with van der Waals surface area (Å²) in [4.78, 5) is 13.9. The Hall–Kier alpha value is -1.33. The van der Waals surface area contributed by atoms with Crippen LogP contribution in [0, 0.1) is 0 Å². The van der Waals surface area contributed by atoms with Gasteiger partial charge in [-0.1, -0.05) is 0 Å². The molecule has 0 aromatic carbocycles. The molecule has 0 aliphatic carbocycles. The van der Waals surface area contributed by atoms with Crippen LogP contribution >= 0.6 is 0 Å². The molecule has 1 aromatic heterocycles. The Balaban J connectivity index is 1.92. The molecule has 17 heavy (non-hydrogen) atoms. The van der Waals surface area contributed by atoms with Crippen molar-refractivity contribution in [3.63, 3.8) is 0 Å². The van der Waals surface area contributed by atoms with Crippen molar-refractivity contribution in [3.05, 3.63) is 24.2 Å². The second-order valence-corrected chi connectivity index (χ2v) is 4.15. The van der Waals surface area contributed by atoms with Gasteiger partial charge in [0.2, 0.25) is 5.91 Å². The first-order chi connectivity index (χ1) is 8.31. The van der Waals surface area contributed by atoms with Gasteiger partial charge in [-0.3, -0.25) is 4.79 Å². The molecule has 0 bridgehead atoms. The van der Waals surface area contributed by atoms with Crippen molar-refractivity contribution < 1.29 is 13.9 Å². The number of carbonyl (C=O) groups is 1. The van der Waals surface area contributed by atoms with E-state index in [0.717, 1.165) is 5.76 Å². The molecule has 1 aromatic rings. The van der Waals surface area contributed by atoms with Gasteiger partial charge in [0.15, 0.2) is 0 Å². The Bertz CT molecular complexity index is 345. The Morgan fingerprint density at radius 1 is 1.47 bits per heavy atom. The van der Waals surface area contributed by atoms with E-state index in [9.17, 15) is 4.79 Å². The van der Waals surface area contributed by atoms with Gasteiger partial charge < -0.3 is 19.8 Å². The minimum atomic E-state index is -0.0275. The van der Waals surface area contributed by atoms with Crippen LogP contribution in [0.5, 0.6) is 0 Å². The van der Waals surface area contributed by atoms with Crippen molar-refractivity contribution >= 4 is 5.91 Å². The summed E-state index contributed by atoms with van der Waals surface area (Å²) in [5, 5.41) is 0. The summed E-state index contributed by atoms with van der Waals surface area (Å²) in [5.41, 5.74) is 5.69. The van der Waals surface area contributed by atoms with Gasteiger partial charge in [-0.15, -0.1) is 0 Å². The molecule has 2 N–H and O–H groups in total. The highest BCUT2D eigenvalue weighted by atomic mass is 16.5. The Labute approximate surface area is 101 Å². The predicted octanol–water partition coefficient (Wildman–Crippen LogP) is 0.571. The number of furan rings is 1. The minimum Gasteiger partial charge on any atom is -0.469 e. The first-order valence-electron chi connectivity index (χ1n) is 5.90. The molecule has 0 saturated carbocycles. The highest BCUT2D eigenvalue weighted by Gasteiger charge is 2.22. The molecule has 0 radical (unpaired) electrons. The summed E-state index contributed by atoms with van der Waals surface area (Å²) in [7, 11) is 0. The van der Waals surface area contributed by atoms with E-state index < -0.39 is 0 Å². The lowest BCUT2D eigenvalue weighted by molar-refractivity contribution is -0.135. The number of amides is 1. The van der Waals surface area contributed by atoms with E-state index in [1.54, 1.807) is 6.26 Å². The van der Waals surface area contributed by atoms with Gasteiger partial charge in [0.05, 0.1) is 19.5 Å². The maximum absolute atomic E-state index is 12.0. The van der Waals surface area contributed by atoms with Crippen molar-refractivity contribution in [1.82, 2.24) is 4.90 Å². The molecule has 94 valence electrons. The topological polar surface area (TPSA) is 68.7 Å². The average Bonchev–Trinajstić information content (AvgIpc) is 2.90. The third kappa shape index (κ3) is 3.08. The molecule has 2 rings (SSSR count). The summed E-state index contributed by atoms with van der Waals surface area (Å²) < 4.78 is 10.5. The number of nitrogens with zero attached hydrogens (tertiary/aromatic N) is 1. The lowest BCUT2D eigenvalue weighted by atomic mass is 10.0. The number of ether oxygens (including phenoxy) is 1. The lowest BCUT2D eigenvalue weighted by Crippen LogP contribution is -2.41. The van der Waals surface area contributed by atoms with E-state index in [2.05, 4.69) is 0 Å². The molecule has 1 aliphatic heterocycles. The molecule has 5 nitrogen and oxygen atoms in total. The second kappa shape index (κ2) is 5.84. The van der Waals surface area contributed by atoms with Crippen LogP contribution in [0.1, 0.15) is 18.1 Å². The Kier molecular flexibility index (Phi) is 4.17. The van der Waals surface area contributed by atoms with Gasteiger partial charge in [-0.25, -0.2) is 0 Å². The van der Waals surface area contributed by atoms with Gasteiger partial charge in [-0.05, 0) is 12.1 Å². The van der Waals surface area contributed by atoms with Crippen LogP contribution in [0.3, 0.4) is 0 Å². The minimum absolute atomic E-state index is 0.0275. The standard InChI is InChI=1S/C12H18N2O3/c13-9-10(11-2-1-5-17-11)8-12(15)14-3-6-16-7-4-14/h1-2,5,10H,3-4,6-9,13H2. The van der Waals surface area contributed by atoms with Gasteiger partial charge in [-0.2, -0.15) is 0 Å². The van der Waals surface area contributed by atoms with Crippen LogP contribution < -0.4 is 5.73 Å². The van der Waals surface area contributed by atoms with Crippen LogP contribution in [0.4, 0.5) is 0 Å². The zero-order valence-corrected chi connectivity index (χ0v) is 9.80. The summed E-state index contributed by atoms with van der Waals surface area (Å²) in [6.45, 7) is 3.02. The molecule has 1 amide bonds.